The second kappa shape index (κ2) is 2.83. The number of hydrogen-bond acceptors (Lipinski definition) is 2. The molecule has 0 radical (unpaired) electrons. The fourth-order valence-corrected chi connectivity index (χ4v) is 4.50. The molecule has 1 N–H and O–H groups in total. The molecule has 0 saturated heterocycles. The third-order valence-electron chi connectivity index (χ3n) is 4.97. The molecule has 0 aliphatic heterocycles. The van der Waals surface area contributed by atoms with Gasteiger partial charge >= 0.3 is 5.97 Å². The summed E-state index contributed by atoms with van der Waals surface area (Å²) in [5.74, 6) is 0.116. The van der Waals surface area contributed by atoms with Crippen LogP contribution in [0.25, 0.3) is 0 Å². The predicted octanol–water partition coefficient (Wildman–Crippen LogP) is 1.86. The van der Waals surface area contributed by atoms with Crippen molar-refractivity contribution in [3.8, 4) is 0 Å². The summed E-state index contributed by atoms with van der Waals surface area (Å²) < 4.78 is 0. The Kier molecular flexibility index (Phi) is 1.77. The van der Waals surface area contributed by atoms with E-state index in [1.165, 1.54) is 0 Å². The summed E-state index contributed by atoms with van der Waals surface area (Å²) in [5.41, 5.74) is -0.642. The van der Waals surface area contributed by atoms with Gasteiger partial charge in [0.05, 0.1) is 5.41 Å². The number of ketones is 1. The Morgan fingerprint density at radius 3 is 2.87 bits per heavy atom. The normalized spacial score (nSPS) is 48.0. The SMILES string of the molecule is O=C1CCC[C@@]2(C(=O)O)[C@@H]3CCC[C@@H]3[C@@H]12. The van der Waals surface area contributed by atoms with E-state index in [1.807, 2.05) is 0 Å². The lowest BCUT2D eigenvalue weighted by Gasteiger charge is -2.58. The number of carboxylic acids is 1. The minimum absolute atomic E-state index is 0.128. The Bertz CT molecular complexity index is 334. The van der Waals surface area contributed by atoms with Crippen LogP contribution in [-0.2, 0) is 9.59 Å². The van der Waals surface area contributed by atoms with Crippen LogP contribution in [0.4, 0.5) is 0 Å². The third kappa shape index (κ3) is 0.918. The highest BCUT2D eigenvalue weighted by Crippen LogP contribution is 2.67. The number of carboxylic acid groups (broad SMARTS) is 1. The maximum Gasteiger partial charge on any atom is 0.310 e. The van der Waals surface area contributed by atoms with Crippen molar-refractivity contribution in [2.75, 3.05) is 0 Å². The fourth-order valence-electron chi connectivity index (χ4n) is 4.50. The molecule has 3 nitrogen and oxygen atoms in total. The van der Waals surface area contributed by atoms with E-state index in [-0.39, 0.29) is 11.7 Å². The standard InChI is InChI=1S/C12H16O3/c13-9-5-2-6-12(11(14)15)8-4-1-3-7(8)10(9)12/h7-8,10H,1-6H2,(H,14,15)/t7-,8+,10-,12+/m0/s1. The summed E-state index contributed by atoms with van der Waals surface area (Å²) >= 11 is 0. The summed E-state index contributed by atoms with van der Waals surface area (Å²) in [6.45, 7) is 0. The molecule has 0 spiro atoms. The average Bonchev–Trinajstić information content (AvgIpc) is 2.57. The molecule has 0 aromatic rings. The number of Topliss-reactive ketones (excluding diaryl/α,β-unsaturated/α-hetero) is 1. The van der Waals surface area contributed by atoms with Gasteiger partial charge in [-0.3, -0.25) is 9.59 Å². The molecular weight excluding hydrogens is 192 g/mol. The van der Waals surface area contributed by atoms with Gasteiger partial charge < -0.3 is 5.11 Å². The van der Waals surface area contributed by atoms with E-state index in [2.05, 4.69) is 0 Å². The summed E-state index contributed by atoms with van der Waals surface area (Å²) in [6, 6.07) is 0. The number of rotatable bonds is 1. The monoisotopic (exact) mass is 208 g/mol. The molecular formula is C12H16O3. The van der Waals surface area contributed by atoms with Crippen LogP contribution in [0.3, 0.4) is 0 Å². The van der Waals surface area contributed by atoms with Gasteiger partial charge in [0.1, 0.15) is 5.78 Å². The van der Waals surface area contributed by atoms with Crippen molar-refractivity contribution in [1.29, 1.82) is 0 Å². The van der Waals surface area contributed by atoms with Gasteiger partial charge in [0.25, 0.3) is 0 Å². The van der Waals surface area contributed by atoms with Crippen LogP contribution in [0.5, 0.6) is 0 Å². The lowest BCUT2D eigenvalue weighted by atomic mass is 9.43. The lowest BCUT2D eigenvalue weighted by molar-refractivity contribution is -0.192. The third-order valence-corrected chi connectivity index (χ3v) is 4.97. The molecule has 3 saturated carbocycles. The molecule has 0 bridgehead atoms. The molecule has 4 atom stereocenters. The van der Waals surface area contributed by atoms with Crippen LogP contribution in [0.2, 0.25) is 0 Å². The first-order chi connectivity index (χ1) is 7.18. The zero-order chi connectivity index (χ0) is 10.6. The highest BCUT2D eigenvalue weighted by atomic mass is 16.4. The van der Waals surface area contributed by atoms with Crippen LogP contribution >= 0.6 is 0 Å². The Hall–Kier alpha value is -0.860. The van der Waals surface area contributed by atoms with Crippen molar-refractivity contribution < 1.29 is 14.7 Å². The van der Waals surface area contributed by atoms with Crippen LogP contribution in [0.1, 0.15) is 38.5 Å². The number of aliphatic carboxylic acids is 1. The molecule has 15 heavy (non-hydrogen) atoms. The van der Waals surface area contributed by atoms with Gasteiger partial charge in [0.15, 0.2) is 0 Å². The lowest BCUT2D eigenvalue weighted by Crippen LogP contribution is -2.63. The Morgan fingerprint density at radius 1 is 1.33 bits per heavy atom. The van der Waals surface area contributed by atoms with E-state index >= 15 is 0 Å². The van der Waals surface area contributed by atoms with Crippen LogP contribution in [0.15, 0.2) is 0 Å². The Balaban J connectivity index is 2.01. The molecule has 0 heterocycles. The number of fused-ring (bicyclic) bond motifs is 4. The van der Waals surface area contributed by atoms with Crippen molar-refractivity contribution in [2.45, 2.75) is 38.5 Å². The van der Waals surface area contributed by atoms with Crippen LogP contribution in [-0.4, -0.2) is 16.9 Å². The maximum absolute atomic E-state index is 11.8. The topological polar surface area (TPSA) is 54.4 Å². The van der Waals surface area contributed by atoms with Crippen molar-refractivity contribution in [3.63, 3.8) is 0 Å². The van der Waals surface area contributed by atoms with Crippen molar-refractivity contribution in [2.24, 2.45) is 23.2 Å². The zero-order valence-electron chi connectivity index (χ0n) is 8.74. The highest BCUT2D eigenvalue weighted by Gasteiger charge is 2.69. The highest BCUT2D eigenvalue weighted by molar-refractivity contribution is 5.92. The van der Waals surface area contributed by atoms with Gasteiger partial charge in [-0.1, -0.05) is 6.42 Å². The maximum atomic E-state index is 11.8. The summed E-state index contributed by atoms with van der Waals surface area (Å²) in [5, 5.41) is 9.43. The van der Waals surface area contributed by atoms with E-state index in [4.69, 9.17) is 0 Å². The quantitative estimate of drug-likeness (QED) is 0.715. The van der Waals surface area contributed by atoms with E-state index in [0.29, 0.717) is 18.3 Å². The molecule has 3 heteroatoms. The largest absolute Gasteiger partial charge is 0.481 e. The average molecular weight is 208 g/mol. The van der Waals surface area contributed by atoms with Crippen molar-refractivity contribution in [3.05, 3.63) is 0 Å². The molecule has 82 valence electrons. The van der Waals surface area contributed by atoms with Gasteiger partial charge in [-0.25, -0.2) is 0 Å². The fraction of sp³-hybridized carbons (Fsp3) is 0.833. The molecule has 3 aliphatic carbocycles. The summed E-state index contributed by atoms with van der Waals surface area (Å²) in [6.07, 6.45) is 5.36. The second-order valence-electron chi connectivity index (χ2n) is 5.34. The van der Waals surface area contributed by atoms with Gasteiger partial charge in [-0.2, -0.15) is 0 Å². The van der Waals surface area contributed by atoms with E-state index in [1.54, 1.807) is 0 Å². The van der Waals surface area contributed by atoms with Crippen molar-refractivity contribution >= 4 is 11.8 Å². The zero-order valence-corrected chi connectivity index (χ0v) is 8.74. The summed E-state index contributed by atoms with van der Waals surface area (Å²) in [4.78, 5) is 23.3. The number of hydrogen-bond donors (Lipinski definition) is 1. The number of carbonyl (C=O) groups excluding carboxylic acids is 1. The Labute approximate surface area is 88.9 Å². The Morgan fingerprint density at radius 2 is 2.13 bits per heavy atom. The first kappa shape index (κ1) is 9.37. The minimum Gasteiger partial charge on any atom is -0.481 e. The van der Waals surface area contributed by atoms with Crippen LogP contribution in [0, 0.1) is 23.2 Å². The van der Waals surface area contributed by atoms with Crippen LogP contribution < -0.4 is 0 Å². The molecule has 0 aromatic carbocycles. The molecule has 3 rings (SSSR count). The van der Waals surface area contributed by atoms with E-state index in [9.17, 15) is 14.7 Å². The summed E-state index contributed by atoms with van der Waals surface area (Å²) in [7, 11) is 0. The first-order valence-electron chi connectivity index (χ1n) is 5.94. The smallest absolute Gasteiger partial charge is 0.310 e. The van der Waals surface area contributed by atoms with Gasteiger partial charge in [0, 0.05) is 12.3 Å². The molecule has 0 amide bonds. The minimum atomic E-state index is -0.705. The van der Waals surface area contributed by atoms with Crippen molar-refractivity contribution in [1.82, 2.24) is 0 Å². The number of carbonyl (C=O) groups is 2. The van der Waals surface area contributed by atoms with E-state index < -0.39 is 11.4 Å². The predicted molar refractivity (Wildman–Crippen MR) is 53.2 cm³/mol. The molecule has 0 unspecified atom stereocenters. The molecule has 3 fully saturated rings. The van der Waals surface area contributed by atoms with Gasteiger partial charge in [-0.15, -0.1) is 0 Å². The van der Waals surface area contributed by atoms with E-state index in [0.717, 1.165) is 32.1 Å². The molecule has 0 aromatic heterocycles. The van der Waals surface area contributed by atoms with Gasteiger partial charge in [-0.05, 0) is 37.5 Å². The molecule has 3 aliphatic rings. The van der Waals surface area contributed by atoms with Gasteiger partial charge in [0.2, 0.25) is 0 Å². The first-order valence-corrected chi connectivity index (χ1v) is 5.94. The second-order valence-corrected chi connectivity index (χ2v) is 5.34.